The van der Waals surface area contributed by atoms with Crippen LogP contribution in [0.15, 0.2) is 12.3 Å². The summed E-state index contributed by atoms with van der Waals surface area (Å²) >= 11 is 0. The zero-order chi connectivity index (χ0) is 10.6. The van der Waals surface area contributed by atoms with Crippen molar-refractivity contribution in [3.63, 3.8) is 0 Å². The van der Waals surface area contributed by atoms with Crippen LogP contribution in [0.5, 0.6) is 0 Å². The molecule has 0 amide bonds. The second kappa shape index (κ2) is 4.31. The molecular formula is C8H8N2O4. The molecule has 14 heavy (non-hydrogen) atoms. The third kappa shape index (κ3) is 2.03. The number of aromatic nitrogens is 2. The molecular weight excluding hydrogens is 188 g/mol. The van der Waals surface area contributed by atoms with Gasteiger partial charge >= 0.3 is 11.9 Å². The maximum absolute atomic E-state index is 11.2. The number of carbonyl (C=O) groups is 2. The van der Waals surface area contributed by atoms with E-state index in [2.05, 4.69) is 14.9 Å². The van der Waals surface area contributed by atoms with E-state index in [4.69, 9.17) is 5.11 Å². The summed E-state index contributed by atoms with van der Waals surface area (Å²) in [6.07, 6.45) is 1.23. The molecule has 1 aromatic rings. The molecule has 0 saturated heterocycles. The van der Waals surface area contributed by atoms with Crippen molar-refractivity contribution in [2.45, 2.75) is 6.92 Å². The van der Waals surface area contributed by atoms with Crippen molar-refractivity contribution in [2.24, 2.45) is 0 Å². The molecule has 0 saturated carbocycles. The van der Waals surface area contributed by atoms with E-state index >= 15 is 0 Å². The fourth-order valence-corrected chi connectivity index (χ4v) is 0.863. The third-order valence-corrected chi connectivity index (χ3v) is 1.42. The molecule has 0 fully saturated rings. The molecule has 1 rings (SSSR count). The van der Waals surface area contributed by atoms with Crippen molar-refractivity contribution in [3.8, 4) is 0 Å². The van der Waals surface area contributed by atoms with Gasteiger partial charge in [0, 0.05) is 0 Å². The lowest BCUT2D eigenvalue weighted by Gasteiger charge is -2.02. The Balaban J connectivity index is 3.07. The molecule has 74 valence electrons. The largest absolute Gasteiger partial charge is 0.476 e. The van der Waals surface area contributed by atoms with Crippen molar-refractivity contribution < 1.29 is 19.4 Å². The molecule has 6 heteroatoms. The molecule has 0 unspecified atom stereocenters. The molecule has 1 heterocycles. The van der Waals surface area contributed by atoms with Crippen LogP contribution in [0.2, 0.25) is 0 Å². The number of esters is 1. The molecule has 0 aliphatic heterocycles. The first-order valence-electron chi connectivity index (χ1n) is 3.89. The van der Waals surface area contributed by atoms with Gasteiger partial charge in [-0.2, -0.15) is 5.10 Å². The van der Waals surface area contributed by atoms with Gasteiger partial charge in [0.15, 0.2) is 5.69 Å². The monoisotopic (exact) mass is 196 g/mol. The van der Waals surface area contributed by atoms with Crippen molar-refractivity contribution in [2.75, 3.05) is 6.61 Å². The zero-order valence-electron chi connectivity index (χ0n) is 7.43. The van der Waals surface area contributed by atoms with Crippen molar-refractivity contribution in [3.05, 3.63) is 23.5 Å². The van der Waals surface area contributed by atoms with Crippen molar-refractivity contribution >= 4 is 11.9 Å². The predicted molar refractivity (Wildman–Crippen MR) is 44.9 cm³/mol. The summed E-state index contributed by atoms with van der Waals surface area (Å²) < 4.78 is 4.65. The highest BCUT2D eigenvalue weighted by atomic mass is 16.5. The first-order chi connectivity index (χ1) is 6.66. The van der Waals surface area contributed by atoms with Crippen LogP contribution >= 0.6 is 0 Å². The van der Waals surface area contributed by atoms with Gasteiger partial charge in [-0.3, -0.25) is 0 Å². The molecule has 1 N–H and O–H groups in total. The highest BCUT2D eigenvalue weighted by Gasteiger charge is 2.18. The minimum absolute atomic E-state index is 0.0886. The molecule has 1 aromatic heterocycles. The predicted octanol–water partition coefficient (Wildman–Crippen LogP) is 0.351. The molecule has 0 bridgehead atoms. The van der Waals surface area contributed by atoms with Crippen LogP contribution < -0.4 is 0 Å². The number of ether oxygens (including phenoxy) is 1. The Morgan fingerprint density at radius 1 is 1.57 bits per heavy atom. The molecule has 0 aliphatic rings. The second-order valence-electron chi connectivity index (χ2n) is 2.32. The van der Waals surface area contributed by atoms with Gasteiger partial charge in [0.1, 0.15) is 0 Å². The second-order valence-corrected chi connectivity index (χ2v) is 2.32. The van der Waals surface area contributed by atoms with Gasteiger partial charge in [0.2, 0.25) is 0 Å². The lowest BCUT2D eigenvalue weighted by atomic mass is 10.2. The van der Waals surface area contributed by atoms with Gasteiger partial charge in [-0.1, -0.05) is 0 Å². The van der Waals surface area contributed by atoms with E-state index in [1.165, 1.54) is 12.3 Å². The summed E-state index contributed by atoms with van der Waals surface area (Å²) in [6, 6.07) is 1.26. The number of nitrogens with zero attached hydrogens (tertiary/aromatic N) is 2. The van der Waals surface area contributed by atoms with E-state index < -0.39 is 17.6 Å². The van der Waals surface area contributed by atoms with Gasteiger partial charge in [0.25, 0.3) is 0 Å². The normalized spacial score (nSPS) is 9.50. The maximum atomic E-state index is 11.2. The fraction of sp³-hybridized carbons (Fsp3) is 0.250. The molecule has 0 radical (unpaired) electrons. The highest BCUT2D eigenvalue weighted by molar-refractivity contribution is 6.00. The molecule has 0 atom stereocenters. The smallest absolute Gasteiger partial charge is 0.357 e. The van der Waals surface area contributed by atoms with Gasteiger partial charge in [-0.15, -0.1) is 5.10 Å². The SMILES string of the molecule is CCOC(=O)c1ccnnc1C(=O)O. The van der Waals surface area contributed by atoms with Crippen LogP contribution in [0, 0.1) is 0 Å². The Hall–Kier alpha value is -1.98. The van der Waals surface area contributed by atoms with E-state index in [0.29, 0.717) is 0 Å². The summed E-state index contributed by atoms with van der Waals surface area (Å²) in [6.45, 7) is 1.81. The number of carboxylic acids is 1. The highest BCUT2D eigenvalue weighted by Crippen LogP contribution is 2.05. The van der Waals surface area contributed by atoms with Crippen LogP contribution in [0.25, 0.3) is 0 Å². The van der Waals surface area contributed by atoms with Crippen LogP contribution in [-0.4, -0.2) is 33.8 Å². The Kier molecular flexibility index (Phi) is 3.11. The first-order valence-corrected chi connectivity index (χ1v) is 3.89. The van der Waals surface area contributed by atoms with Crippen LogP contribution in [0.1, 0.15) is 27.8 Å². The molecule has 0 aromatic carbocycles. The van der Waals surface area contributed by atoms with E-state index in [9.17, 15) is 9.59 Å². The summed E-state index contributed by atoms with van der Waals surface area (Å²) in [5.41, 5.74) is -0.486. The summed E-state index contributed by atoms with van der Waals surface area (Å²) in [5.74, 6) is -2.01. The van der Waals surface area contributed by atoms with E-state index in [1.807, 2.05) is 0 Å². The van der Waals surface area contributed by atoms with Crippen LogP contribution in [0.4, 0.5) is 0 Å². The molecule has 0 aliphatic carbocycles. The Morgan fingerprint density at radius 3 is 2.86 bits per heavy atom. The fourth-order valence-electron chi connectivity index (χ4n) is 0.863. The Bertz CT molecular complexity index is 364. The van der Waals surface area contributed by atoms with E-state index in [1.54, 1.807) is 6.92 Å². The standard InChI is InChI=1S/C8H8N2O4/c1-2-14-8(13)5-3-4-9-10-6(5)7(11)12/h3-4H,2H2,1H3,(H,11,12). The first kappa shape index (κ1) is 10.1. The van der Waals surface area contributed by atoms with Gasteiger partial charge in [0.05, 0.1) is 18.4 Å². The maximum Gasteiger partial charge on any atom is 0.357 e. The summed E-state index contributed by atoms with van der Waals surface area (Å²) in [4.78, 5) is 21.8. The number of rotatable bonds is 3. The Labute approximate surface area is 79.5 Å². The van der Waals surface area contributed by atoms with Crippen LogP contribution in [-0.2, 0) is 4.74 Å². The zero-order valence-corrected chi connectivity index (χ0v) is 7.43. The number of carboxylic acid groups (broad SMARTS) is 1. The van der Waals surface area contributed by atoms with Gasteiger partial charge in [-0.05, 0) is 13.0 Å². The molecule has 6 nitrogen and oxygen atoms in total. The Morgan fingerprint density at radius 2 is 2.29 bits per heavy atom. The van der Waals surface area contributed by atoms with E-state index in [-0.39, 0.29) is 12.2 Å². The number of hydrogen-bond donors (Lipinski definition) is 1. The average Bonchev–Trinajstić information content (AvgIpc) is 2.18. The lowest BCUT2D eigenvalue weighted by Crippen LogP contribution is -2.14. The molecule has 0 spiro atoms. The van der Waals surface area contributed by atoms with Gasteiger partial charge in [-0.25, -0.2) is 9.59 Å². The van der Waals surface area contributed by atoms with Crippen molar-refractivity contribution in [1.82, 2.24) is 10.2 Å². The third-order valence-electron chi connectivity index (χ3n) is 1.42. The summed E-state index contributed by atoms with van der Waals surface area (Å²) in [5, 5.41) is 15.4. The minimum Gasteiger partial charge on any atom is -0.476 e. The summed E-state index contributed by atoms with van der Waals surface area (Å²) in [7, 11) is 0. The lowest BCUT2D eigenvalue weighted by molar-refractivity contribution is 0.0512. The van der Waals surface area contributed by atoms with Crippen molar-refractivity contribution in [1.29, 1.82) is 0 Å². The van der Waals surface area contributed by atoms with Crippen LogP contribution in [0.3, 0.4) is 0 Å². The topological polar surface area (TPSA) is 89.4 Å². The number of hydrogen-bond acceptors (Lipinski definition) is 5. The minimum atomic E-state index is -1.30. The van der Waals surface area contributed by atoms with Gasteiger partial charge < -0.3 is 9.84 Å². The average molecular weight is 196 g/mol. The van der Waals surface area contributed by atoms with E-state index in [0.717, 1.165) is 0 Å². The quantitative estimate of drug-likeness (QED) is 0.701. The number of aromatic carboxylic acids is 1. The number of carbonyl (C=O) groups excluding carboxylic acids is 1.